The first-order chi connectivity index (χ1) is 16.0. The van der Waals surface area contributed by atoms with Crippen molar-refractivity contribution in [2.75, 3.05) is 18.9 Å². The summed E-state index contributed by atoms with van der Waals surface area (Å²) < 4.78 is 52.3. The minimum atomic E-state index is -2.94. The first kappa shape index (κ1) is 26.4. The summed E-state index contributed by atoms with van der Waals surface area (Å²) >= 11 is 5.09. The number of rotatable bonds is 10. The van der Waals surface area contributed by atoms with Gasteiger partial charge in [-0.1, -0.05) is 5.09 Å². The maximum atomic E-state index is 15.4. The second kappa shape index (κ2) is 10.6. The van der Waals surface area contributed by atoms with Crippen LogP contribution in [0, 0.1) is 0 Å². The van der Waals surface area contributed by atoms with E-state index in [1.54, 1.807) is 20.8 Å². The van der Waals surface area contributed by atoms with Gasteiger partial charge in [-0.15, -0.1) is 4.52 Å². The zero-order chi connectivity index (χ0) is 25.2. The molecule has 0 aromatic carbocycles. The number of nitrogens with two attached hydrogens (primary N) is 1. The molecule has 1 saturated heterocycles. The molecule has 2 aromatic rings. The molecule has 16 heteroatoms. The van der Waals surface area contributed by atoms with Gasteiger partial charge in [0.15, 0.2) is 36.3 Å². The molecule has 0 aliphatic carbocycles. The summed E-state index contributed by atoms with van der Waals surface area (Å²) in [5.41, 5.74) is 5.89. The number of halogens is 2. The smallest absolute Gasteiger partial charge is 0.440 e. The number of ether oxygens (including phenoxy) is 3. The summed E-state index contributed by atoms with van der Waals surface area (Å²) in [4.78, 5) is 23.9. The molecule has 6 unspecified atom stereocenters. The van der Waals surface area contributed by atoms with Crippen LogP contribution in [-0.2, 0) is 30.6 Å². The standard InChI is InChI=1S/C18H26F2N6O6PS/c1-5-29-14-11-13(23-17(21)24-14)26(7-22-11)15-10(19)12(27)18(20,32-15)6-30-33(34)25-9(4)16(28)31-8(2)3/h7-10,12,15,27H,5-6H2,1-4H3,(H,25,34)(H2,21,23,24)/q+1. The highest BCUT2D eigenvalue weighted by Gasteiger charge is 2.58. The van der Waals surface area contributed by atoms with Gasteiger partial charge in [-0.05, 0) is 27.7 Å². The number of aliphatic hydroxyl groups excluding tert-OH is 1. The number of aromatic nitrogens is 4. The fraction of sp³-hybridized carbons (Fsp3) is 0.667. The molecule has 6 atom stereocenters. The highest BCUT2D eigenvalue weighted by atomic mass is 32.4. The van der Waals surface area contributed by atoms with Crippen LogP contribution in [0.15, 0.2) is 6.33 Å². The van der Waals surface area contributed by atoms with Crippen molar-refractivity contribution in [3.63, 3.8) is 0 Å². The average molecular weight is 523 g/mol. The van der Waals surface area contributed by atoms with Crippen molar-refractivity contribution in [2.45, 2.75) is 64.2 Å². The van der Waals surface area contributed by atoms with Gasteiger partial charge in [0.05, 0.1) is 19.0 Å². The van der Waals surface area contributed by atoms with Crippen LogP contribution < -0.4 is 15.6 Å². The van der Waals surface area contributed by atoms with Gasteiger partial charge in [0.2, 0.25) is 23.6 Å². The van der Waals surface area contributed by atoms with Gasteiger partial charge >= 0.3 is 13.0 Å². The molecule has 34 heavy (non-hydrogen) atoms. The van der Waals surface area contributed by atoms with Crippen LogP contribution in [0.3, 0.4) is 0 Å². The van der Waals surface area contributed by atoms with Crippen molar-refractivity contribution in [3.8, 4) is 5.88 Å². The van der Waals surface area contributed by atoms with Crippen LogP contribution >= 0.6 is 7.07 Å². The summed E-state index contributed by atoms with van der Waals surface area (Å²) in [5, 5.41) is 12.9. The molecule has 1 aliphatic heterocycles. The van der Waals surface area contributed by atoms with Gasteiger partial charge in [0.25, 0.3) is 5.85 Å². The molecule has 12 nitrogen and oxygen atoms in total. The molecule has 1 fully saturated rings. The Bertz CT molecular complexity index is 1060. The van der Waals surface area contributed by atoms with Crippen LogP contribution in [-0.4, -0.2) is 74.1 Å². The summed E-state index contributed by atoms with van der Waals surface area (Å²) in [7, 11) is -1.95. The molecular formula is C18H26F2N6O6PS+. The van der Waals surface area contributed by atoms with Crippen LogP contribution in [0.1, 0.15) is 33.9 Å². The van der Waals surface area contributed by atoms with Crippen molar-refractivity contribution in [3.05, 3.63) is 6.33 Å². The first-order valence-electron chi connectivity index (χ1n) is 10.3. The molecule has 0 radical (unpaired) electrons. The van der Waals surface area contributed by atoms with Crippen molar-refractivity contribution >= 4 is 42.0 Å². The molecule has 4 N–H and O–H groups in total. The quantitative estimate of drug-likeness (QED) is 0.305. The van der Waals surface area contributed by atoms with Gasteiger partial charge in [-0.3, -0.25) is 9.36 Å². The van der Waals surface area contributed by atoms with E-state index in [2.05, 4.69) is 20.0 Å². The zero-order valence-electron chi connectivity index (χ0n) is 18.8. The number of fused-ring (bicyclic) bond motifs is 1. The van der Waals surface area contributed by atoms with Gasteiger partial charge in [-0.25, -0.2) is 13.8 Å². The van der Waals surface area contributed by atoms with Crippen LogP contribution in [0.2, 0.25) is 0 Å². The van der Waals surface area contributed by atoms with E-state index in [9.17, 15) is 14.3 Å². The summed E-state index contributed by atoms with van der Waals surface area (Å²) in [6.07, 6.45) is -5.22. The van der Waals surface area contributed by atoms with Gasteiger partial charge < -0.3 is 25.1 Å². The molecule has 0 amide bonds. The van der Waals surface area contributed by atoms with Gasteiger partial charge in [0, 0.05) is 0 Å². The predicted octanol–water partition coefficient (Wildman–Crippen LogP) is 1.42. The Balaban J connectivity index is 1.72. The number of hydrogen-bond donors (Lipinski definition) is 3. The third kappa shape index (κ3) is 5.56. The Labute approximate surface area is 199 Å². The highest BCUT2D eigenvalue weighted by Crippen LogP contribution is 2.42. The summed E-state index contributed by atoms with van der Waals surface area (Å²) in [6, 6.07) is -0.820. The largest absolute Gasteiger partial charge is 0.476 e. The number of nitrogen functional groups attached to an aromatic ring is 1. The van der Waals surface area contributed by atoms with E-state index in [4.69, 9.17) is 36.3 Å². The first-order valence-corrected chi connectivity index (χ1v) is 12.6. The van der Waals surface area contributed by atoms with Gasteiger partial charge in [0.1, 0.15) is 6.04 Å². The molecule has 2 aromatic heterocycles. The number of esters is 1. The second-order valence-electron chi connectivity index (χ2n) is 7.69. The second-order valence-corrected chi connectivity index (χ2v) is 9.72. The normalized spacial score (nSPS) is 26.1. The third-order valence-corrected chi connectivity index (χ3v) is 6.27. The fourth-order valence-electron chi connectivity index (χ4n) is 3.12. The molecule has 3 heterocycles. The van der Waals surface area contributed by atoms with E-state index in [1.807, 2.05) is 0 Å². The Morgan fingerprint density at radius 1 is 1.47 bits per heavy atom. The number of alkyl halides is 2. The number of anilines is 1. The maximum Gasteiger partial charge on any atom is 0.440 e. The van der Waals surface area contributed by atoms with E-state index in [1.165, 1.54) is 6.92 Å². The summed E-state index contributed by atoms with van der Waals surface area (Å²) in [5.74, 6) is -3.60. The average Bonchev–Trinajstić information content (AvgIpc) is 3.27. The predicted molar refractivity (Wildman–Crippen MR) is 120 cm³/mol. The topological polar surface area (TPSA) is 156 Å². The number of carbonyl (C=O) groups is 1. The number of carbonyl (C=O) groups excluding carboxylic acids is 1. The molecule has 0 spiro atoms. The monoisotopic (exact) mass is 523 g/mol. The number of nitrogens with one attached hydrogen (secondary N) is 1. The van der Waals surface area contributed by atoms with E-state index in [-0.39, 0.29) is 35.7 Å². The van der Waals surface area contributed by atoms with Crippen molar-refractivity contribution in [2.24, 2.45) is 0 Å². The number of hydrogen-bond acceptors (Lipinski definition) is 11. The molecule has 188 valence electrons. The molecule has 1 aliphatic rings. The lowest BCUT2D eigenvalue weighted by Crippen LogP contribution is -2.42. The summed E-state index contributed by atoms with van der Waals surface area (Å²) in [6.45, 7) is 5.98. The van der Waals surface area contributed by atoms with Crippen LogP contribution in [0.4, 0.5) is 14.7 Å². The van der Waals surface area contributed by atoms with Crippen LogP contribution in [0.25, 0.3) is 11.2 Å². The number of imidazole rings is 1. The Morgan fingerprint density at radius 2 is 2.18 bits per heavy atom. The Kier molecular flexibility index (Phi) is 8.26. The van der Waals surface area contributed by atoms with Crippen molar-refractivity contribution in [1.82, 2.24) is 24.6 Å². The number of nitrogens with zero attached hydrogens (tertiary/aromatic N) is 4. The lowest BCUT2D eigenvalue weighted by atomic mass is 10.1. The van der Waals surface area contributed by atoms with E-state index in [0.29, 0.717) is 0 Å². The van der Waals surface area contributed by atoms with Gasteiger partial charge in [-0.2, -0.15) is 9.97 Å². The highest BCUT2D eigenvalue weighted by molar-refractivity contribution is 8.02. The fourth-order valence-corrected chi connectivity index (χ4v) is 4.54. The molecule has 3 rings (SSSR count). The lowest BCUT2D eigenvalue weighted by Gasteiger charge is -2.20. The molecule has 0 bridgehead atoms. The third-order valence-electron chi connectivity index (χ3n) is 4.68. The molecule has 0 saturated carbocycles. The molecular weight excluding hydrogens is 497 g/mol. The van der Waals surface area contributed by atoms with E-state index in [0.717, 1.165) is 10.9 Å². The SMILES string of the molecule is CCOc1nc(N)nc2c1ncn2C1OC(F)(CO[P+](=S)NC(C)C(=O)OC(C)C)C(O)C1F. The minimum Gasteiger partial charge on any atom is -0.476 e. The van der Waals surface area contributed by atoms with Crippen molar-refractivity contribution in [1.29, 1.82) is 0 Å². The van der Waals surface area contributed by atoms with Crippen molar-refractivity contribution < 1.29 is 37.4 Å². The zero-order valence-corrected chi connectivity index (χ0v) is 20.6. The van der Waals surface area contributed by atoms with E-state index >= 15 is 4.39 Å². The lowest BCUT2D eigenvalue weighted by molar-refractivity contribution is -0.201. The Hall–Kier alpha value is -2.16. The number of aliphatic hydroxyl groups is 1. The van der Waals surface area contributed by atoms with E-state index < -0.39 is 50.1 Å². The minimum absolute atomic E-state index is 0.0330. The Morgan fingerprint density at radius 3 is 2.82 bits per heavy atom. The maximum absolute atomic E-state index is 15.4. The van der Waals surface area contributed by atoms with Crippen LogP contribution in [0.5, 0.6) is 5.88 Å².